The molecule has 3 rings (SSSR count). The highest BCUT2D eigenvalue weighted by atomic mass is 15.1. The van der Waals surface area contributed by atoms with E-state index in [0.717, 1.165) is 17.8 Å². The van der Waals surface area contributed by atoms with Gasteiger partial charge in [-0.05, 0) is 42.3 Å². The summed E-state index contributed by atoms with van der Waals surface area (Å²) in [6, 6.07) is 20.9. The van der Waals surface area contributed by atoms with Gasteiger partial charge in [0.25, 0.3) is 0 Å². The smallest absolute Gasteiger partial charge is 0.0461 e. The lowest BCUT2D eigenvalue weighted by molar-refractivity contribution is 1.17. The Balaban J connectivity index is 2.04. The molecule has 0 aliphatic heterocycles. The maximum atomic E-state index is 3.87. The molecule has 0 spiro atoms. The molecule has 0 saturated carbocycles. The van der Waals surface area contributed by atoms with Crippen LogP contribution in [0.15, 0.2) is 109 Å². The van der Waals surface area contributed by atoms with Crippen molar-refractivity contribution < 1.29 is 0 Å². The first-order valence-corrected chi connectivity index (χ1v) is 7.48. The van der Waals surface area contributed by atoms with Gasteiger partial charge in [0, 0.05) is 17.1 Å². The van der Waals surface area contributed by atoms with Crippen LogP contribution < -0.4 is 4.90 Å². The largest absolute Gasteiger partial charge is 0.311 e. The van der Waals surface area contributed by atoms with Gasteiger partial charge in [-0.15, -0.1) is 0 Å². The third-order valence-electron chi connectivity index (χ3n) is 3.67. The van der Waals surface area contributed by atoms with Gasteiger partial charge in [-0.1, -0.05) is 67.3 Å². The van der Waals surface area contributed by atoms with E-state index < -0.39 is 0 Å². The Morgan fingerprint density at radius 3 is 2.00 bits per heavy atom. The van der Waals surface area contributed by atoms with Crippen molar-refractivity contribution in [3.63, 3.8) is 0 Å². The molecule has 2 aromatic carbocycles. The van der Waals surface area contributed by atoms with Crippen molar-refractivity contribution in [1.82, 2.24) is 0 Å². The number of anilines is 2. The molecule has 108 valence electrons. The molecule has 1 aliphatic rings. The van der Waals surface area contributed by atoms with E-state index in [4.69, 9.17) is 0 Å². The second-order valence-electron chi connectivity index (χ2n) is 5.14. The molecular weight excluding hydrogens is 266 g/mol. The minimum absolute atomic E-state index is 0.891. The average molecular weight is 285 g/mol. The summed E-state index contributed by atoms with van der Waals surface area (Å²) in [7, 11) is 0. The molecule has 2 aromatic rings. The summed E-state index contributed by atoms with van der Waals surface area (Å²) in [4.78, 5) is 2.27. The standard InChI is InChI=1S/C21H19N/c1-2-18-10-9-15-21(17-16-18)22(19-11-5-3-6-12-19)20-13-7-4-8-14-20/h2-15,17H,1,16H2. The fraction of sp³-hybridized carbons (Fsp3) is 0.0476. The van der Waals surface area contributed by atoms with E-state index >= 15 is 0 Å². The number of para-hydroxylation sites is 2. The average Bonchev–Trinajstić information content (AvgIpc) is 2.83. The van der Waals surface area contributed by atoms with Crippen LogP contribution in [0.25, 0.3) is 0 Å². The molecule has 0 amide bonds. The predicted octanol–water partition coefficient (Wildman–Crippen LogP) is 5.78. The summed E-state index contributed by atoms with van der Waals surface area (Å²) in [5, 5.41) is 0. The van der Waals surface area contributed by atoms with E-state index in [0.29, 0.717) is 0 Å². The second-order valence-corrected chi connectivity index (χ2v) is 5.14. The van der Waals surface area contributed by atoms with Crippen molar-refractivity contribution in [3.8, 4) is 0 Å². The molecule has 1 heteroatoms. The number of allylic oxidation sites excluding steroid dienone is 6. The van der Waals surface area contributed by atoms with Gasteiger partial charge in [-0.2, -0.15) is 0 Å². The van der Waals surface area contributed by atoms with Crippen LogP contribution in [-0.2, 0) is 0 Å². The summed E-state index contributed by atoms with van der Waals surface area (Å²) in [6.07, 6.45) is 11.4. The monoisotopic (exact) mass is 285 g/mol. The quantitative estimate of drug-likeness (QED) is 0.688. The predicted molar refractivity (Wildman–Crippen MR) is 95.1 cm³/mol. The molecule has 0 saturated heterocycles. The molecule has 0 heterocycles. The molecule has 0 radical (unpaired) electrons. The van der Waals surface area contributed by atoms with Gasteiger partial charge in [0.05, 0.1) is 0 Å². The van der Waals surface area contributed by atoms with Crippen LogP contribution in [0.1, 0.15) is 6.42 Å². The molecule has 0 aromatic heterocycles. The highest BCUT2D eigenvalue weighted by Gasteiger charge is 2.12. The number of benzene rings is 2. The van der Waals surface area contributed by atoms with E-state index in [1.54, 1.807) is 0 Å². The molecule has 0 N–H and O–H groups in total. The van der Waals surface area contributed by atoms with E-state index in [1.807, 2.05) is 18.2 Å². The van der Waals surface area contributed by atoms with E-state index in [9.17, 15) is 0 Å². The normalized spacial score (nSPS) is 13.8. The third kappa shape index (κ3) is 3.09. The van der Waals surface area contributed by atoms with Gasteiger partial charge >= 0.3 is 0 Å². The van der Waals surface area contributed by atoms with Crippen LogP contribution in [0.4, 0.5) is 11.4 Å². The van der Waals surface area contributed by atoms with Crippen molar-refractivity contribution in [2.24, 2.45) is 0 Å². The lowest BCUT2D eigenvalue weighted by atomic mass is 10.1. The zero-order valence-electron chi connectivity index (χ0n) is 12.5. The molecule has 0 fully saturated rings. The van der Waals surface area contributed by atoms with Gasteiger partial charge in [0.1, 0.15) is 0 Å². The summed E-state index contributed by atoms with van der Waals surface area (Å²) in [5.74, 6) is 0. The van der Waals surface area contributed by atoms with Gasteiger partial charge in [0.15, 0.2) is 0 Å². The number of nitrogens with zero attached hydrogens (tertiary/aromatic N) is 1. The van der Waals surface area contributed by atoms with Crippen LogP contribution in [0, 0.1) is 0 Å². The maximum absolute atomic E-state index is 3.87. The summed E-state index contributed by atoms with van der Waals surface area (Å²) >= 11 is 0. The Bertz CT molecular complexity index is 682. The van der Waals surface area contributed by atoms with E-state index in [-0.39, 0.29) is 0 Å². The number of rotatable bonds is 4. The van der Waals surface area contributed by atoms with E-state index in [1.165, 1.54) is 11.3 Å². The van der Waals surface area contributed by atoms with Crippen LogP contribution in [-0.4, -0.2) is 0 Å². The Morgan fingerprint density at radius 2 is 1.45 bits per heavy atom. The van der Waals surface area contributed by atoms with Crippen LogP contribution >= 0.6 is 0 Å². The van der Waals surface area contributed by atoms with Crippen molar-refractivity contribution in [1.29, 1.82) is 0 Å². The molecule has 22 heavy (non-hydrogen) atoms. The summed E-state index contributed by atoms with van der Waals surface area (Å²) in [6.45, 7) is 3.87. The Labute approximate surface area is 132 Å². The van der Waals surface area contributed by atoms with Gasteiger partial charge in [-0.3, -0.25) is 0 Å². The minimum Gasteiger partial charge on any atom is -0.311 e. The Hall–Kier alpha value is -2.80. The van der Waals surface area contributed by atoms with Crippen molar-refractivity contribution in [2.45, 2.75) is 6.42 Å². The van der Waals surface area contributed by atoms with Crippen molar-refractivity contribution in [3.05, 3.63) is 109 Å². The van der Waals surface area contributed by atoms with Crippen LogP contribution in [0.2, 0.25) is 0 Å². The first kappa shape index (κ1) is 14.2. The Kier molecular flexibility index (Phi) is 4.35. The van der Waals surface area contributed by atoms with Gasteiger partial charge in [0.2, 0.25) is 0 Å². The van der Waals surface area contributed by atoms with Gasteiger partial charge in [-0.25, -0.2) is 0 Å². The minimum atomic E-state index is 0.891. The molecule has 0 bridgehead atoms. The molecule has 0 unspecified atom stereocenters. The number of hydrogen-bond donors (Lipinski definition) is 0. The highest BCUT2D eigenvalue weighted by Crippen LogP contribution is 2.31. The lowest BCUT2D eigenvalue weighted by Crippen LogP contribution is -2.14. The van der Waals surface area contributed by atoms with Crippen molar-refractivity contribution in [2.75, 3.05) is 4.90 Å². The third-order valence-corrected chi connectivity index (χ3v) is 3.67. The Morgan fingerprint density at radius 1 is 0.864 bits per heavy atom. The summed E-state index contributed by atoms with van der Waals surface area (Å²) < 4.78 is 0. The first-order valence-electron chi connectivity index (χ1n) is 7.48. The highest BCUT2D eigenvalue weighted by molar-refractivity contribution is 5.70. The second kappa shape index (κ2) is 6.77. The molecule has 0 atom stereocenters. The van der Waals surface area contributed by atoms with E-state index in [2.05, 4.69) is 84.3 Å². The van der Waals surface area contributed by atoms with Gasteiger partial charge < -0.3 is 4.90 Å². The topological polar surface area (TPSA) is 3.24 Å². The molecule has 1 aliphatic carbocycles. The molecular formula is C21H19N. The first-order chi connectivity index (χ1) is 10.9. The fourth-order valence-corrected chi connectivity index (χ4v) is 2.55. The fourth-order valence-electron chi connectivity index (χ4n) is 2.55. The summed E-state index contributed by atoms with van der Waals surface area (Å²) in [5.41, 5.74) is 4.72. The SMILES string of the molecule is C=CC1=CC=CC(N(c2ccccc2)c2ccccc2)=CC1. The van der Waals surface area contributed by atoms with Crippen LogP contribution in [0.3, 0.4) is 0 Å². The maximum Gasteiger partial charge on any atom is 0.0461 e. The van der Waals surface area contributed by atoms with Crippen LogP contribution in [0.5, 0.6) is 0 Å². The zero-order chi connectivity index (χ0) is 15.2. The lowest BCUT2D eigenvalue weighted by Gasteiger charge is -2.26. The number of hydrogen-bond acceptors (Lipinski definition) is 1. The van der Waals surface area contributed by atoms with Crippen molar-refractivity contribution >= 4 is 11.4 Å². The zero-order valence-corrected chi connectivity index (χ0v) is 12.5. The molecule has 1 nitrogen and oxygen atoms in total.